The van der Waals surface area contributed by atoms with Gasteiger partial charge in [0.2, 0.25) is 5.12 Å². The van der Waals surface area contributed by atoms with Gasteiger partial charge in [-0.25, -0.2) is 0 Å². The number of rotatable bonds is 4. The zero-order valence-corrected chi connectivity index (χ0v) is 17.7. The topological polar surface area (TPSA) is 50.4 Å². The smallest absolute Gasteiger partial charge is 0.219 e. The van der Waals surface area contributed by atoms with Crippen LogP contribution in [0.4, 0.5) is 0 Å². The molecule has 0 unspecified atom stereocenters. The lowest BCUT2D eigenvalue weighted by molar-refractivity contribution is 0.108. The van der Waals surface area contributed by atoms with Crippen molar-refractivity contribution in [3.05, 3.63) is 52.5 Å². The van der Waals surface area contributed by atoms with E-state index in [0.717, 1.165) is 28.9 Å². The first-order chi connectivity index (χ1) is 11.9. The van der Waals surface area contributed by atoms with E-state index in [4.69, 9.17) is 4.42 Å². The van der Waals surface area contributed by atoms with Crippen LogP contribution in [0, 0.1) is 6.92 Å². The number of thioether (sulfide) groups is 1. The summed E-state index contributed by atoms with van der Waals surface area (Å²) in [7, 11) is 0. The molecule has 1 heterocycles. The summed E-state index contributed by atoms with van der Waals surface area (Å²) in [5, 5.41) is 10.8. The second-order valence-electron chi connectivity index (χ2n) is 8.83. The molecule has 0 aliphatic carbocycles. The minimum atomic E-state index is -0.240. The van der Waals surface area contributed by atoms with Crippen LogP contribution < -0.4 is 0 Å². The Kier molecular flexibility index (Phi) is 5.96. The van der Waals surface area contributed by atoms with Gasteiger partial charge in [0.15, 0.2) is 0 Å². The number of carbonyl (C=O) groups is 1. The van der Waals surface area contributed by atoms with Gasteiger partial charge in [0.1, 0.15) is 11.5 Å². The molecular formula is C22H30O3S. The van der Waals surface area contributed by atoms with Gasteiger partial charge in [0, 0.05) is 28.9 Å². The first-order valence-electron chi connectivity index (χ1n) is 8.99. The van der Waals surface area contributed by atoms with Gasteiger partial charge >= 0.3 is 0 Å². The molecule has 0 atom stereocenters. The van der Waals surface area contributed by atoms with Crippen molar-refractivity contribution in [2.24, 2.45) is 0 Å². The van der Waals surface area contributed by atoms with E-state index in [9.17, 15) is 9.90 Å². The maximum absolute atomic E-state index is 12.8. The number of hydrogen-bond acceptors (Lipinski definition) is 4. The molecule has 1 aromatic carbocycles. The van der Waals surface area contributed by atoms with Gasteiger partial charge in [-0.05, 0) is 41.5 Å². The van der Waals surface area contributed by atoms with Gasteiger partial charge < -0.3 is 9.52 Å². The van der Waals surface area contributed by atoms with Crippen molar-refractivity contribution >= 4 is 16.9 Å². The fourth-order valence-corrected chi connectivity index (χ4v) is 3.63. The second-order valence-corrected chi connectivity index (χ2v) is 9.90. The van der Waals surface area contributed by atoms with Gasteiger partial charge in [-0.1, -0.05) is 53.3 Å². The molecule has 0 spiro atoms. The van der Waals surface area contributed by atoms with Gasteiger partial charge in [0.05, 0.1) is 6.26 Å². The van der Waals surface area contributed by atoms with Crippen LogP contribution in [0.3, 0.4) is 0 Å². The Morgan fingerprint density at radius 1 is 1.08 bits per heavy atom. The summed E-state index contributed by atoms with van der Waals surface area (Å²) in [5.74, 6) is 1.91. The van der Waals surface area contributed by atoms with Gasteiger partial charge in [-0.2, -0.15) is 0 Å². The molecule has 0 saturated carbocycles. The molecule has 0 amide bonds. The molecule has 1 aromatic heterocycles. The Bertz CT molecular complexity index is 753. The van der Waals surface area contributed by atoms with Gasteiger partial charge in [-0.15, -0.1) is 0 Å². The summed E-state index contributed by atoms with van der Waals surface area (Å²) in [6, 6.07) is 5.63. The molecule has 0 fully saturated rings. The molecule has 2 aromatic rings. The second kappa shape index (κ2) is 7.51. The van der Waals surface area contributed by atoms with Crippen molar-refractivity contribution in [2.75, 3.05) is 5.75 Å². The molecule has 26 heavy (non-hydrogen) atoms. The molecular weight excluding hydrogens is 344 g/mol. The predicted octanol–water partition coefficient (Wildman–Crippen LogP) is 6.00. The highest BCUT2D eigenvalue weighted by Gasteiger charge is 2.27. The minimum absolute atomic E-state index is 0.0326. The molecule has 3 nitrogen and oxygen atoms in total. The third-order valence-corrected chi connectivity index (χ3v) is 5.40. The molecule has 4 heteroatoms. The molecule has 142 valence electrons. The maximum Gasteiger partial charge on any atom is 0.219 e. The molecule has 0 aliphatic rings. The van der Waals surface area contributed by atoms with E-state index in [1.54, 1.807) is 6.26 Å². The van der Waals surface area contributed by atoms with Crippen LogP contribution in [0.15, 0.2) is 28.9 Å². The lowest BCUT2D eigenvalue weighted by Gasteiger charge is -2.28. The average Bonchev–Trinajstić information content (AvgIpc) is 2.90. The summed E-state index contributed by atoms with van der Waals surface area (Å²) < 4.78 is 5.44. The van der Waals surface area contributed by atoms with Crippen LogP contribution in [0.5, 0.6) is 5.75 Å². The van der Waals surface area contributed by atoms with E-state index in [2.05, 4.69) is 41.5 Å². The van der Waals surface area contributed by atoms with E-state index in [1.807, 2.05) is 25.1 Å². The lowest BCUT2D eigenvalue weighted by Crippen LogP contribution is -2.18. The summed E-state index contributed by atoms with van der Waals surface area (Å²) in [5.41, 5.74) is 2.92. The fourth-order valence-electron chi connectivity index (χ4n) is 2.88. The van der Waals surface area contributed by atoms with Crippen LogP contribution in [-0.2, 0) is 17.3 Å². The number of phenols is 1. The first kappa shape index (κ1) is 20.6. The SMILES string of the molecule is Cc1ccoc1CCSC(=O)c1cc(C(C)(C)C)c(O)c(C(C)(C)C)c1. The van der Waals surface area contributed by atoms with E-state index in [0.29, 0.717) is 17.1 Å². The minimum Gasteiger partial charge on any atom is -0.507 e. The molecule has 0 saturated heterocycles. The molecule has 0 bridgehead atoms. The molecule has 0 aliphatic heterocycles. The van der Waals surface area contributed by atoms with Crippen LogP contribution in [0.1, 0.15) is 74.4 Å². The third-order valence-electron chi connectivity index (χ3n) is 4.49. The summed E-state index contributed by atoms with van der Waals surface area (Å²) >= 11 is 1.30. The van der Waals surface area contributed by atoms with Gasteiger partial charge in [-0.3, -0.25) is 4.79 Å². The number of furan rings is 1. The number of hydrogen-bond donors (Lipinski definition) is 1. The zero-order chi connectivity index (χ0) is 19.7. The molecule has 1 N–H and O–H groups in total. The van der Waals surface area contributed by atoms with Crippen molar-refractivity contribution in [2.45, 2.75) is 65.7 Å². The summed E-state index contributed by atoms with van der Waals surface area (Å²) in [6.45, 7) is 14.3. The van der Waals surface area contributed by atoms with Crippen LogP contribution in [0.2, 0.25) is 0 Å². The monoisotopic (exact) mass is 374 g/mol. The van der Waals surface area contributed by atoms with Crippen molar-refractivity contribution in [1.82, 2.24) is 0 Å². The fraction of sp³-hybridized carbons (Fsp3) is 0.500. The van der Waals surface area contributed by atoms with E-state index < -0.39 is 0 Å². The number of aryl methyl sites for hydroxylation is 2. The average molecular weight is 375 g/mol. The third kappa shape index (κ3) is 4.73. The highest BCUT2D eigenvalue weighted by Crippen LogP contribution is 2.40. The zero-order valence-electron chi connectivity index (χ0n) is 16.9. The Balaban J connectivity index is 2.27. The van der Waals surface area contributed by atoms with Crippen molar-refractivity contribution in [3.63, 3.8) is 0 Å². The summed E-state index contributed by atoms with van der Waals surface area (Å²) in [4.78, 5) is 12.8. The lowest BCUT2D eigenvalue weighted by atomic mass is 9.78. The molecule has 2 rings (SSSR count). The maximum atomic E-state index is 12.8. The molecule has 0 radical (unpaired) electrons. The van der Waals surface area contributed by atoms with Crippen molar-refractivity contribution in [3.8, 4) is 5.75 Å². The number of phenolic OH excluding ortho intramolecular Hbond substituents is 1. The van der Waals surface area contributed by atoms with E-state index in [1.165, 1.54) is 11.8 Å². The Morgan fingerprint density at radius 3 is 2.04 bits per heavy atom. The Morgan fingerprint density at radius 2 is 1.62 bits per heavy atom. The quantitative estimate of drug-likeness (QED) is 0.712. The normalized spacial score (nSPS) is 12.4. The van der Waals surface area contributed by atoms with E-state index >= 15 is 0 Å². The number of aromatic hydroxyl groups is 1. The van der Waals surface area contributed by atoms with Crippen LogP contribution in [-0.4, -0.2) is 16.0 Å². The van der Waals surface area contributed by atoms with Crippen LogP contribution in [0.25, 0.3) is 0 Å². The van der Waals surface area contributed by atoms with Crippen molar-refractivity contribution in [1.29, 1.82) is 0 Å². The standard InChI is InChI=1S/C22H30O3S/c1-14-8-10-25-18(14)9-11-26-20(24)15-12-16(21(2,3)4)19(23)17(13-15)22(5,6)7/h8,10,12-13,23H,9,11H2,1-7H3. The predicted molar refractivity (Wildman–Crippen MR) is 109 cm³/mol. The van der Waals surface area contributed by atoms with E-state index in [-0.39, 0.29) is 15.9 Å². The highest BCUT2D eigenvalue weighted by molar-refractivity contribution is 8.14. The first-order valence-corrected chi connectivity index (χ1v) is 9.98. The number of carbonyl (C=O) groups excluding carboxylic acids is 1. The largest absolute Gasteiger partial charge is 0.507 e. The van der Waals surface area contributed by atoms with Crippen LogP contribution >= 0.6 is 11.8 Å². The Hall–Kier alpha value is -1.68. The number of benzene rings is 1. The Labute approximate surface area is 161 Å². The van der Waals surface area contributed by atoms with Crippen molar-refractivity contribution < 1.29 is 14.3 Å². The summed E-state index contributed by atoms with van der Waals surface area (Å²) in [6.07, 6.45) is 2.41. The van der Waals surface area contributed by atoms with Gasteiger partial charge in [0.25, 0.3) is 0 Å². The highest BCUT2D eigenvalue weighted by atomic mass is 32.2.